The van der Waals surface area contributed by atoms with E-state index in [1.807, 2.05) is 26.0 Å². The van der Waals surface area contributed by atoms with Gasteiger partial charge in [-0.05, 0) is 48.8 Å². The van der Waals surface area contributed by atoms with Crippen LogP contribution < -0.4 is 0 Å². The molecule has 0 spiro atoms. The van der Waals surface area contributed by atoms with Crippen LogP contribution in [0.3, 0.4) is 0 Å². The Bertz CT molecular complexity index is 821. The second-order valence-corrected chi connectivity index (χ2v) is 10.8. The summed E-state index contributed by atoms with van der Waals surface area (Å²) in [5.74, 6) is -0.00330. The lowest BCUT2D eigenvalue weighted by molar-refractivity contribution is -0.142. The van der Waals surface area contributed by atoms with Crippen LogP contribution in [0.1, 0.15) is 50.3 Å². The summed E-state index contributed by atoms with van der Waals surface area (Å²) in [6.07, 6.45) is 1.32. The van der Waals surface area contributed by atoms with Gasteiger partial charge in [-0.25, -0.2) is 8.42 Å². The summed E-state index contributed by atoms with van der Waals surface area (Å²) in [6, 6.07) is 3.97. The van der Waals surface area contributed by atoms with Gasteiger partial charge in [0.25, 0.3) is 5.91 Å². The fourth-order valence-corrected chi connectivity index (χ4v) is 5.88. The fourth-order valence-electron chi connectivity index (χ4n) is 4.04. The van der Waals surface area contributed by atoms with E-state index in [9.17, 15) is 13.2 Å². The number of benzene rings is 1. The molecular formula is C21H32N2O4S. The summed E-state index contributed by atoms with van der Waals surface area (Å²) in [5, 5.41) is 0. The lowest BCUT2D eigenvalue weighted by Crippen LogP contribution is -2.52. The first-order valence-electron chi connectivity index (χ1n) is 10.0. The lowest BCUT2D eigenvalue weighted by atomic mass is 9.85. The summed E-state index contributed by atoms with van der Waals surface area (Å²) in [7, 11) is -3.59. The molecule has 7 heteroatoms. The van der Waals surface area contributed by atoms with Crippen molar-refractivity contribution in [1.82, 2.24) is 9.21 Å². The third-order valence-electron chi connectivity index (χ3n) is 5.68. The molecule has 2 heterocycles. The second kappa shape index (κ2) is 7.76. The third kappa shape index (κ3) is 4.11. The quantitative estimate of drug-likeness (QED) is 0.771. The average molecular weight is 409 g/mol. The molecule has 0 aliphatic carbocycles. The summed E-state index contributed by atoms with van der Waals surface area (Å²) in [4.78, 5) is 14.6. The second-order valence-electron chi connectivity index (χ2n) is 8.92. The highest BCUT2D eigenvalue weighted by molar-refractivity contribution is 7.89. The van der Waals surface area contributed by atoms with E-state index in [4.69, 9.17) is 4.74 Å². The molecule has 3 rings (SSSR count). The van der Waals surface area contributed by atoms with Crippen molar-refractivity contribution in [3.63, 3.8) is 0 Å². The molecule has 0 saturated carbocycles. The number of hydrogen-bond acceptors (Lipinski definition) is 4. The van der Waals surface area contributed by atoms with E-state index >= 15 is 0 Å². The standard InChI is InChI=1S/C21H32N2O4S/c1-15-13-17(21(3,4)5)14-16(2)19(15)28(25,26)23-10-8-22(9-11-23)20(24)18-7-6-12-27-18/h13-14,18H,6-12H2,1-5H3. The van der Waals surface area contributed by atoms with Crippen LogP contribution in [0.25, 0.3) is 0 Å². The molecule has 156 valence electrons. The molecule has 2 aliphatic heterocycles. The van der Waals surface area contributed by atoms with E-state index < -0.39 is 10.0 Å². The minimum Gasteiger partial charge on any atom is -0.368 e. The van der Waals surface area contributed by atoms with Crippen molar-refractivity contribution in [3.8, 4) is 0 Å². The molecule has 6 nitrogen and oxygen atoms in total. The molecule has 2 aliphatic rings. The summed E-state index contributed by atoms with van der Waals surface area (Å²) in [5.41, 5.74) is 2.66. The molecular weight excluding hydrogens is 376 g/mol. The van der Waals surface area contributed by atoms with E-state index in [0.29, 0.717) is 37.7 Å². The van der Waals surface area contributed by atoms with Crippen molar-refractivity contribution < 1.29 is 17.9 Å². The maximum atomic E-state index is 13.3. The Morgan fingerprint density at radius 1 is 1.07 bits per heavy atom. The van der Waals surface area contributed by atoms with Gasteiger partial charge in [-0.15, -0.1) is 0 Å². The molecule has 28 heavy (non-hydrogen) atoms. The zero-order chi connectivity index (χ0) is 20.7. The van der Waals surface area contributed by atoms with Gasteiger partial charge in [-0.3, -0.25) is 4.79 Å². The maximum Gasteiger partial charge on any atom is 0.251 e. The highest BCUT2D eigenvalue weighted by atomic mass is 32.2. The number of nitrogens with zero attached hydrogens (tertiary/aromatic N) is 2. The molecule has 1 aromatic carbocycles. The van der Waals surface area contributed by atoms with Crippen molar-refractivity contribution in [2.75, 3.05) is 32.8 Å². The van der Waals surface area contributed by atoms with Crippen LogP contribution in [-0.4, -0.2) is 62.4 Å². The Morgan fingerprint density at radius 2 is 1.64 bits per heavy atom. The van der Waals surface area contributed by atoms with Gasteiger partial charge >= 0.3 is 0 Å². The zero-order valence-corrected chi connectivity index (χ0v) is 18.4. The number of sulfonamides is 1. The van der Waals surface area contributed by atoms with Crippen LogP contribution in [0.5, 0.6) is 0 Å². The Kier molecular flexibility index (Phi) is 5.90. The lowest BCUT2D eigenvalue weighted by Gasteiger charge is -2.35. The summed E-state index contributed by atoms with van der Waals surface area (Å²) >= 11 is 0. The smallest absolute Gasteiger partial charge is 0.251 e. The van der Waals surface area contributed by atoms with Gasteiger partial charge in [0.2, 0.25) is 10.0 Å². The highest BCUT2D eigenvalue weighted by Crippen LogP contribution is 2.31. The molecule has 0 N–H and O–H groups in total. The molecule has 1 amide bonds. The number of hydrogen-bond donors (Lipinski definition) is 0. The van der Waals surface area contributed by atoms with E-state index in [1.54, 1.807) is 4.90 Å². The summed E-state index contributed by atoms with van der Waals surface area (Å²) < 4.78 is 33.6. The fraction of sp³-hybridized carbons (Fsp3) is 0.667. The first kappa shape index (κ1) is 21.3. The predicted octanol–water partition coefficient (Wildman–Crippen LogP) is 2.61. The number of rotatable bonds is 3. The molecule has 1 aromatic rings. The number of carbonyl (C=O) groups is 1. The molecule has 0 bridgehead atoms. The molecule has 1 unspecified atom stereocenters. The van der Waals surface area contributed by atoms with Crippen LogP contribution in [-0.2, 0) is 25.0 Å². The SMILES string of the molecule is Cc1cc(C(C)(C)C)cc(C)c1S(=O)(=O)N1CCN(C(=O)C2CCCO2)CC1. The van der Waals surface area contributed by atoms with Gasteiger partial charge < -0.3 is 9.64 Å². The van der Waals surface area contributed by atoms with Crippen LogP contribution in [0.4, 0.5) is 0 Å². The Morgan fingerprint density at radius 3 is 2.11 bits per heavy atom. The minimum absolute atomic E-state index is 0.00330. The monoisotopic (exact) mass is 408 g/mol. The first-order valence-corrected chi connectivity index (χ1v) is 11.5. The molecule has 1 atom stereocenters. The number of ether oxygens (including phenoxy) is 1. The van der Waals surface area contributed by atoms with E-state index in [2.05, 4.69) is 20.8 Å². The Hall–Kier alpha value is -1.44. The number of aryl methyl sites for hydroxylation is 2. The van der Waals surface area contributed by atoms with Crippen molar-refractivity contribution >= 4 is 15.9 Å². The molecule has 0 radical (unpaired) electrons. The van der Waals surface area contributed by atoms with E-state index in [1.165, 1.54) is 4.31 Å². The number of piperazine rings is 1. The van der Waals surface area contributed by atoms with Crippen molar-refractivity contribution in [2.45, 2.75) is 63.9 Å². The van der Waals surface area contributed by atoms with Crippen molar-refractivity contribution in [1.29, 1.82) is 0 Å². The summed E-state index contributed by atoms with van der Waals surface area (Å²) in [6.45, 7) is 12.2. The maximum absolute atomic E-state index is 13.3. The van der Waals surface area contributed by atoms with Crippen LogP contribution in [0.2, 0.25) is 0 Å². The molecule has 2 fully saturated rings. The largest absolute Gasteiger partial charge is 0.368 e. The Labute approximate surface area is 168 Å². The van der Waals surface area contributed by atoms with E-state index in [-0.39, 0.29) is 17.4 Å². The van der Waals surface area contributed by atoms with Gasteiger partial charge in [0.15, 0.2) is 0 Å². The molecule has 2 saturated heterocycles. The van der Waals surface area contributed by atoms with Gasteiger partial charge in [0.05, 0.1) is 4.90 Å². The number of carbonyl (C=O) groups excluding carboxylic acids is 1. The zero-order valence-electron chi connectivity index (χ0n) is 17.6. The number of amides is 1. The topological polar surface area (TPSA) is 66.9 Å². The third-order valence-corrected chi connectivity index (χ3v) is 7.88. The van der Waals surface area contributed by atoms with Crippen molar-refractivity contribution in [3.05, 3.63) is 28.8 Å². The van der Waals surface area contributed by atoms with E-state index in [0.717, 1.165) is 29.5 Å². The van der Waals surface area contributed by atoms with Gasteiger partial charge in [-0.1, -0.05) is 32.9 Å². The normalized spacial score (nSPS) is 21.9. The molecule has 0 aromatic heterocycles. The Balaban J connectivity index is 1.76. The first-order chi connectivity index (χ1) is 13.0. The average Bonchev–Trinajstić information content (AvgIpc) is 3.14. The van der Waals surface area contributed by atoms with Crippen LogP contribution >= 0.6 is 0 Å². The minimum atomic E-state index is -3.59. The van der Waals surface area contributed by atoms with Gasteiger partial charge in [0.1, 0.15) is 6.10 Å². The highest BCUT2D eigenvalue weighted by Gasteiger charge is 2.35. The van der Waals surface area contributed by atoms with Gasteiger partial charge in [0, 0.05) is 32.8 Å². The van der Waals surface area contributed by atoms with Crippen LogP contribution in [0.15, 0.2) is 17.0 Å². The van der Waals surface area contributed by atoms with Gasteiger partial charge in [-0.2, -0.15) is 4.31 Å². The predicted molar refractivity (Wildman–Crippen MR) is 109 cm³/mol. The van der Waals surface area contributed by atoms with Crippen molar-refractivity contribution in [2.24, 2.45) is 0 Å². The van der Waals surface area contributed by atoms with Crippen LogP contribution in [0, 0.1) is 13.8 Å².